The molecule has 1 aliphatic rings. The molecule has 0 radical (unpaired) electrons. The van der Waals surface area contributed by atoms with E-state index in [1.54, 1.807) is 6.08 Å². The predicted octanol–water partition coefficient (Wildman–Crippen LogP) is 3.67. The Morgan fingerprint density at radius 2 is 2.00 bits per heavy atom. The lowest BCUT2D eigenvalue weighted by atomic mass is 9.79. The number of benzene rings is 1. The first kappa shape index (κ1) is 12.1. The van der Waals surface area contributed by atoms with Gasteiger partial charge in [0, 0.05) is 0 Å². The van der Waals surface area contributed by atoms with E-state index in [2.05, 4.69) is 31.0 Å². The first-order valence-corrected chi connectivity index (χ1v) is 6.31. The highest BCUT2D eigenvalue weighted by atomic mass is 16.1. The zero-order valence-corrected chi connectivity index (χ0v) is 10.5. The van der Waals surface area contributed by atoms with Crippen molar-refractivity contribution in [2.45, 2.75) is 38.6 Å². The minimum atomic E-state index is -0.395. The second-order valence-corrected chi connectivity index (χ2v) is 5.33. The van der Waals surface area contributed by atoms with Gasteiger partial charge < -0.3 is 0 Å². The number of aliphatic imine (C=N–C) groups is 1. The standard InChI is InChI=1S/C15H19NO/c1-12-8-9-14(10-12)15(2,16-11-17)13-6-4-3-5-7-13/h3-7,12,14H,8-10H2,1-2H3/t12-,14+,15?/m1/s1. The van der Waals surface area contributed by atoms with Crippen LogP contribution in [0.4, 0.5) is 0 Å². The molecule has 0 heterocycles. The smallest absolute Gasteiger partial charge is 0.211 e. The van der Waals surface area contributed by atoms with E-state index >= 15 is 0 Å². The van der Waals surface area contributed by atoms with Crippen molar-refractivity contribution in [3.8, 4) is 0 Å². The maximum absolute atomic E-state index is 10.7. The normalized spacial score (nSPS) is 27.2. The molecule has 1 aromatic rings. The largest absolute Gasteiger partial charge is 0.235 e. The second-order valence-electron chi connectivity index (χ2n) is 5.33. The van der Waals surface area contributed by atoms with Crippen LogP contribution < -0.4 is 0 Å². The van der Waals surface area contributed by atoms with Crippen LogP contribution in [-0.4, -0.2) is 6.08 Å². The summed E-state index contributed by atoms with van der Waals surface area (Å²) in [5.41, 5.74) is 0.732. The molecule has 1 aliphatic carbocycles. The highest BCUT2D eigenvalue weighted by Gasteiger charge is 2.39. The van der Waals surface area contributed by atoms with Crippen molar-refractivity contribution in [2.75, 3.05) is 0 Å². The summed E-state index contributed by atoms with van der Waals surface area (Å²) in [6.45, 7) is 4.34. The maximum atomic E-state index is 10.7. The monoisotopic (exact) mass is 229 g/mol. The molecule has 0 spiro atoms. The van der Waals surface area contributed by atoms with Crippen molar-refractivity contribution >= 4 is 6.08 Å². The Labute approximate surface area is 103 Å². The van der Waals surface area contributed by atoms with Crippen LogP contribution in [0.1, 0.15) is 38.7 Å². The van der Waals surface area contributed by atoms with Crippen LogP contribution >= 0.6 is 0 Å². The Morgan fingerprint density at radius 1 is 1.29 bits per heavy atom. The molecule has 17 heavy (non-hydrogen) atoms. The van der Waals surface area contributed by atoms with Crippen molar-refractivity contribution < 1.29 is 4.79 Å². The fraction of sp³-hybridized carbons (Fsp3) is 0.533. The Hall–Kier alpha value is -1.40. The van der Waals surface area contributed by atoms with Crippen LogP contribution in [0.3, 0.4) is 0 Å². The van der Waals surface area contributed by atoms with Gasteiger partial charge in [0.1, 0.15) is 0 Å². The minimum Gasteiger partial charge on any atom is -0.211 e. The highest BCUT2D eigenvalue weighted by Crippen LogP contribution is 2.44. The number of nitrogens with zero attached hydrogens (tertiary/aromatic N) is 1. The van der Waals surface area contributed by atoms with E-state index in [4.69, 9.17) is 0 Å². The van der Waals surface area contributed by atoms with Crippen molar-refractivity contribution in [1.29, 1.82) is 0 Å². The van der Waals surface area contributed by atoms with Gasteiger partial charge >= 0.3 is 0 Å². The van der Waals surface area contributed by atoms with Crippen LogP contribution in [0.2, 0.25) is 0 Å². The summed E-state index contributed by atoms with van der Waals surface area (Å²) in [6, 6.07) is 10.1. The zero-order valence-electron chi connectivity index (χ0n) is 10.5. The summed E-state index contributed by atoms with van der Waals surface area (Å²) in [5.74, 6) is 1.20. The number of carbonyl (C=O) groups excluding carboxylic acids is 1. The highest BCUT2D eigenvalue weighted by molar-refractivity contribution is 5.38. The fourth-order valence-electron chi connectivity index (χ4n) is 2.98. The van der Waals surface area contributed by atoms with Gasteiger partial charge in [-0.3, -0.25) is 0 Å². The SMILES string of the molecule is C[C@@H]1CC[C@H](C(C)(N=C=O)c2ccccc2)C1. The van der Waals surface area contributed by atoms with Crippen LogP contribution in [0.25, 0.3) is 0 Å². The summed E-state index contributed by atoms with van der Waals surface area (Å²) < 4.78 is 0. The summed E-state index contributed by atoms with van der Waals surface area (Å²) >= 11 is 0. The van der Waals surface area contributed by atoms with Crippen LogP contribution in [0.5, 0.6) is 0 Å². The van der Waals surface area contributed by atoms with Crippen LogP contribution in [0, 0.1) is 11.8 Å². The summed E-state index contributed by atoms with van der Waals surface area (Å²) in [7, 11) is 0. The molecule has 0 bridgehead atoms. The molecule has 1 fully saturated rings. The van der Waals surface area contributed by atoms with Crippen molar-refractivity contribution in [3.63, 3.8) is 0 Å². The lowest BCUT2D eigenvalue weighted by molar-refractivity contribution is 0.301. The molecule has 90 valence electrons. The fourth-order valence-corrected chi connectivity index (χ4v) is 2.98. The van der Waals surface area contributed by atoms with Gasteiger partial charge in [0.05, 0.1) is 5.54 Å². The molecule has 0 aromatic heterocycles. The molecule has 3 atom stereocenters. The third kappa shape index (κ3) is 2.32. The van der Waals surface area contributed by atoms with Gasteiger partial charge in [-0.05, 0) is 37.2 Å². The number of hydrogen-bond donors (Lipinski definition) is 0. The lowest BCUT2D eigenvalue weighted by Gasteiger charge is -2.30. The van der Waals surface area contributed by atoms with Gasteiger partial charge in [-0.15, -0.1) is 0 Å². The quantitative estimate of drug-likeness (QED) is 0.574. The maximum Gasteiger partial charge on any atom is 0.235 e. The Balaban J connectivity index is 2.36. The van der Waals surface area contributed by atoms with E-state index in [1.807, 2.05) is 18.2 Å². The van der Waals surface area contributed by atoms with Crippen molar-refractivity contribution in [3.05, 3.63) is 35.9 Å². The topological polar surface area (TPSA) is 29.4 Å². The van der Waals surface area contributed by atoms with E-state index in [-0.39, 0.29) is 0 Å². The molecule has 2 nitrogen and oxygen atoms in total. The molecule has 0 saturated heterocycles. The second kappa shape index (κ2) is 4.85. The van der Waals surface area contributed by atoms with Gasteiger partial charge in [0.25, 0.3) is 0 Å². The van der Waals surface area contributed by atoms with Gasteiger partial charge in [-0.2, -0.15) is 4.99 Å². The average Bonchev–Trinajstić information content (AvgIpc) is 2.78. The van der Waals surface area contributed by atoms with Crippen molar-refractivity contribution in [2.24, 2.45) is 16.8 Å². The first-order valence-electron chi connectivity index (χ1n) is 6.31. The Bertz CT molecular complexity index is 422. The minimum absolute atomic E-state index is 0.395. The van der Waals surface area contributed by atoms with Gasteiger partial charge in [-0.25, -0.2) is 4.79 Å². The van der Waals surface area contributed by atoms with E-state index in [0.717, 1.165) is 24.3 Å². The van der Waals surface area contributed by atoms with E-state index < -0.39 is 5.54 Å². The van der Waals surface area contributed by atoms with Gasteiger partial charge in [0.2, 0.25) is 6.08 Å². The van der Waals surface area contributed by atoms with Gasteiger partial charge in [0.15, 0.2) is 0 Å². The molecule has 0 aliphatic heterocycles. The molecule has 1 aromatic carbocycles. The molecular weight excluding hydrogens is 210 g/mol. The predicted molar refractivity (Wildman–Crippen MR) is 68.4 cm³/mol. The third-order valence-corrected chi connectivity index (χ3v) is 4.13. The van der Waals surface area contributed by atoms with Gasteiger partial charge in [-0.1, -0.05) is 43.7 Å². The van der Waals surface area contributed by atoms with E-state index in [0.29, 0.717) is 5.92 Å². The van der Waals surface area contributed by atoms with Crippen LogP contribution in [-0.2, 0) is 10.3 Å². The van der Waals surface area contributed by atoms with Crippen molar-refractivity contribution in [1.82, 2.24) is 0 Å². The van der Waals surface area contributed by atoms with E-state index in [9.17, 15) is 4.79 Å². The van der Waals surface area contributed by atoms with E-state index in [1.165, 1.54) is 6.42 Å². The Morgan fingerprint density at radius 3 is 2.53 bits per heavy atom. The lowest BCUT2D eigenvalue weighted by Crippen LogP contribution is -2.28. The molecule has 0 N–H and O–H groups in total. The number of hydrogen-bond acceptors (Lipinski definition) is 2. The summed E-state index contributed by atoms with van der Waals surface area (Å²) in [6.07, 6.45) is 5.31. The first-order chi connectivity index (χ1) is 8.16. The molecule has 2 rings (SSSR count). The average molecular weight is 229 g/mol. The molecule has 2 heteroatoms. The number of isocyanates is 1. The summed E-state index contributed by atoms with van der Waals surface area (Å²) in [4.78, 5) is 14.9. The molecular formula is C15H19NO. The summed E-state index contributed by atoms with van der Waals surface area (Å²) in [5, 5.41) is 0. The molecule has 1 saturated carbocycles. The van der Waals surface area contributed by atoms with Crippen LogP contribution in [0.15, 0.2) is 35.3 Å². The molecule has 0 amide bonds. The Kier molecular flexibility index (Phi) is 3.44. The molecule has 1 unspecified atom stereocenters. The third-order valence-electron chi connectivity index (χ3n) is 4.13. The number of rotatable bonds is 3. The zero-order chi connectivity index (χ0) is 12.3.